The van der Waals surface area contributed by atoms with Gasteiger partial charge in [-0.05, 0) is 25.2 Å². The molecule has 1 aromatic rings. The zero-order valence-corrected chi connectivity index (χ0v) is 12.3. The van der Waals surface area contributed by atoms with Gasteiger partial charge < -0.3 is 19.5 Å². The summed E-state index contributed by atoms with van der Waals surface area (Å²) in [6.45, 7) is 3.45. The predicted molar refractivity (Wildman–Crippen MR) is 77.5 cm³/mol. The van der Waals surface area contributed by atoms with Crippen molar-refractivity contribution in [2.75, 3.05) is 33.9 Å². The fourth-order valence-electron chi connectivity index (χ4n) is 2.44. The summed E-state index contributed by atoms with van der Waals surface area (Å²) >= 11 is 0. The summed E-state index contributed by atoms with van der Waals surface area (Å²) in [6, 6.07) is 1.87. The van der Waals surface area contributed by atoms with Gasteiger partial charge in [0, 0.05) is 39.9 Å². The average Bonchev–Trinajstić information content (AvgIpc) is 2.97. The molecule has 0 saturated carbocycles. The van der Waals surface area contributed by atoms with E-state index in [0.29, 0.717) is 6.54 Å². The van der Waals surface area contributed by atoms with Crippen molar-refractivity contribution in [1.82, 2.24) is 15.4 Å². The Morgan fingerprint density at radius 3 is 2.95 bits per heavy atom. The summed E-state index contributed by atoms with van der Waals surface area (Å²) < 4.78 is 10.2. The largest absolute Gasteiger partial charge is 0.381 e. The second-order valence-electron chi connectivity index (χ2n) is 5.17. The van der Waals surface area contributed by atoms with Crippen LogP contribution in [0.4, 0.5) is 0 Å². The first kappa shape index (κ1) is 14.8. The molecule has 6 heteroatoms. The molecule has 6 nitrogen and oxygen atoms in total. The van der Waals surface area contributed by atoms with Crippen LogP contribution in [0.15, 0.2) is 21.8 Å². The Labute approximate surface area is 120 Å². The van der Waals surface area contributed by atoms with Gasteiger partial charge in [-0.2, -0.15) is 0 Å². The molecule has 1 N–H and O–H groups in total. The number of ether oxygens (including phenoxy) is 1. The number of guanidine groups is 1. The van der Waals surface area contributed by atoms with Crippen molar-refractivity contribution in [3.63, 3.8) is 0 Å². The average molecular weight is 280 g/mol. The van der Waals surface area contributed by atoms with Gasteiger partial charge in [-0.25, -0.2) is 0 Å². The molecule has 0 atom stereocenters. The molecule has 1 aliphatic rings. The Morgan fingerprint density at radius 2 is 2.30 bits per heavy atom. The molecule has 0 unspecified atom stereocenters. The Hall–Kier alpha value is -1.56. The maximum Gasteiger partial charge on any atom is 0.193 e. The highest BCUT2D eigenvalue weighted by molar-refractivity contribution is 5.79. The van der Waals surface area contributed by atoms with Crippen LogP contribution in [0, 0.1) is 5.92 Å². The maximum absolute atomic E-state index is 5.38. The molecule has 1 aliphatic heterocycles. The third kappa shape index (κ3) is 4.52. The quantitative estimate of drug-likeness (QED) is 0.654. The van der Waals surface area contributed by atoms with E-state index in [2.05, 4.69) is 15.5 Å². The predicted octanol–water partition coefficient (Wildman–Crippen LogP) is 1.50. The molecule has 2 rings (SSSR count). The molecular formula is C14H24N4O2. The number of nitrogens with one attached hydrogen (secondary N) is 1. The summed E-state index contributed by atoms with van der Waals surface area (Å²) in [6.07, 6.45) is 5.11. The standard InChI is InChI=1S/C14H24N4O2/c1-15-14(18(2)11-13-6-10-20-17-13)16-7-3-12-4-8-19-9-5-12/h6,10,12H,3-5,7-9,11H2,1-2H3,(H,15,16). The van der Waals surface area contributed by atoms with E-state index in [4.69, 9.17) is 9.26 Å². The van der Waals surface area contributed by atoms with Gasteiger partial charge in [0.05, 0.1) is 6.54 Å². The molecule has 0 aliphatic carbocycles. The van der Waals surface area contributed by atoms with Crippen LogP contribution in [0.1, 0.15) is 25.0 Å². The molecular weight excluding hydrogens is 256 g/mol. The number of hydrogen-bond acceptors (Lipinski definition) is 4. The molecule has 20 heavy (non-hydrogen) atoms. The van der Waals surface area contributed by atoms with Crippen LogP contribution >= 0.6 is 0 Å². The zero-order chi connectivity index (χ0) is 14.2. The molecule has 0 amide bonds. The van der Waals surface area contributed by atoms with E-state index in [1.54, 1.807) is 13.3 Å². The van der Waals surface area contributed by atoms with E-state index >= 15 is 0 Å². The normalized spacial score (nSPS) is 17.2. The Kier molecular flexibility index (Phi) is 5.86. The monoisotopic (exact) mass is 280 g/mol. The molecule has 0 radical (unpaired) electrons. The summed E-state index contributed by atoms with van der Waals surface area (Å²) in [7, 11) is 3.80. The van der Waals surface area contributed by atoms with E-state index in [0.717, 1.165) is 37.3 Å². The van der Waals surface area contributed by atoms with E-state index < -0.39 is 0 Å². The minimum atomic E-state index is 0.688. The van der Waals surface area contributed by atoms with Crippen molar-refractivity contribution in [1.29, 1.82) is 0 Å². The van der Waals surface area contributed by atoms with Gasteiger partial charge in [0.2, 0.25) is 0 Å². The van der Waals surface area contributed by atoms with Crippen LogP contribution in [0.25, 0.3) is 0 Å². The van der Waals surface area contributed by atoms with Gasteiger partial charge in [-0.1, -0.05) is 5.16 Å². The highest BCUT2D eigenvalue weighted by atomic mass is 16.5. The smallest absolute Gasteiger partial charge is 0.193 e. The highest BCUT2D eigenvalue weighted by Crippen LogP contribution is 2.17. The molecule has 2 heterocycles. The Bertz CT molecular complexity index is 399. The zero-order valence-electron chi connectivity index (χ0n) is 12.3. The van der Waals surface area contributed by atoms with Crippen LogP contribution < -0.4 is 5.32 Å². The first-order chi connectivity index (χ1) is 9.79. The summed E-state index contributed by atoms with van der Waals surface area (Å²) in [4.78, 5) is 6.34. The van der Waals surface area contributed by atoms with Crippen molar-refractivity contribution < 1.29 is 9.26 Å². The van der Waals surface area contributed by atoms with E-state index in [1.807, 2.05) is 18.0 Å². The third-order valence-corrected chi connectivity index (χ3v) is 3.64. The number of nitrogens with zero attached hydrogens (tertiary/aromatic N) is 3. The minimum Gasteiger partial charge on any atom is -0.381 e. The van der Waals surface area contributed by atoms with E-state index in [1.165, 1.54) is 19.3 Å². The molecule has 112 valence electrons. The van der Waals surface area contributed by atoms with Crippen LogP contribution in [0.5, 0.6) is 0 Å². The minimum absolute atomic E-state index is 0.688. The van der Waals surface area contributed by atoms with Crippen molar-refractivity contribution >= 4 is 5.96 Å². The molecule has 0 bridgehead atoms. The SMILES string of the molecule is CN=C(NCCC1CCOCC1)N(C)Cc1ccon1. The fraction of sp³-hybridized carbons (Fsp3) is 0.714. The second-order valence-corrected chi connectivity index (χ2v) is 5.17. The fourth-order valence-corrected chi connectivity index (χ4v) is 2.44. The van der Waals surface area contributed by atoms with Crippen molar-refractivity contribution in [3.8, 4) is 0 Å². The second kappa shape index (κ2) is 7.89. The van der Waals surface area contributed by atoms with Crippen LogP contribution in [-0.4, -0.2) is 49.9 Å². The molecule has 0 spiro atoms. The van der Waals surface area contributed by atoms with E-state index in [-0.39, 0.29) is 0 Å². The Balaban J connectivity index is 1.71. The topological polar surface area (TPSA) is 62.9 Å². The van der Waals surface area contributed by atoms with Crippen molar-refractivity contribution in [2.45, 2.75) is 25.8 Å². The first-order valence-corrected chi connectivity index (χ1v) is 7.18. The van der Waals surface area contributed by atoms with Gasteiger partial charge in [0.25, 0.3) is 0 Å². The lowest BCUT2D eigenvalue weighted by Gasteiger charge is -2.24. The maximum atomic E-state index is 5.38. The van der Waals surface area contributed by atoms with Crippen molar-refractivity contribution in [3.05, 3.63) is 18.0 Å². The number of aromatic nitrogens is 1. The molecule has 1 fully saturated rings. The lowest BCUT2D eigenvalue weighted by atomic mass is 9.97. The lowest BCUT2D eigenvalue weighted by Crippen LogP contribution is -2.39. The lowest BCUT2D eigenvalue weighted by molar-refractivity contribution is 0.0643. The summed E-state index contributed by atoms with van der Waals surface area (Å²) in [5, 5.41) is 7.32. The van der Waals surface area contributed by atoms with Gasteiger partial charge in [-0.3, -0.25) is 4.99 Å². The third-order valence-electron chi connectivity index (χ3n) is 3.64. The Morgan fingerprint density at radius 1 is 1.50 bits per heavy atom. The van der Waals surface area contributed by atoms with Gasteiger partial charge in [0.15, 0.2) is 5.96 Å². The summed E-state index contributed by atoms with van der Waals surface area (Å²) in [5.74, 6) is 1.66. The van der Waals surface area contributed by atoms with Gasteiger partial charge >= 0.3 is 0 Å². The van der Waals surface area contributed by atoms with Crippen molar-refractivity contribution in [2.24, 2.45) is 10.9 Å². The first-order valence-electron chi connectivity index (χ1n) is 7.18. The summed E-state index contributed by atoms with van der Waals surface area (Å²) in [5.41, 5.74) is 0.903. The number of aliphatic imine (C=N–C) groups is 1. The van der Waals surface area contributed by atoms with Crippen LogP contribution in [-0.2, 0) is 11.3 Å². The van der Waals surface area contributed by atoms with Gasteiger partial charge in [-0.15, -0.1) is 0 Å². The van der Waals surface area contributed by atoms with Crippen LogP contribution in [0.3, 0.4) is 0 Å². The van der Waals surface area contributed by atoms with E-state index in [9.17, 15) is 0 Å². The van der Waals surface area contributed by atoms with Gasteiger partial charge in [0.1, 0.15) is 12.0 Å². The highest BCUT2D eigenvalue weighted by Gasteiger charge is 2.14. The molecule has 1 saturated heterocycles. The molecule has 1 aromatic heterocycles. The van der Waals surface area contributed by atoms with Crippen LogP contribution in [0.2, 0.25) is 0 Å². The number of rotatable bonds is 5. The number of hydrogen-bond donors (Lipinski definition) is 1. The molecule has 0 aromatic carbocycles.